The summed E-state index contributed by atoms with van der Waals surface area (Å²) in [6, 6.07) is 6.53. The average Bonchev–Trinajstić information content (AvgIpc) is 3.35. The third kappa shape index (κ3) is 1.91. The Morgan fingerprint density at radius 3 is 2.96 bits per heavy atom. The molecule has 2 aliphatic heterocycles. The molecule has 122 valence electrons. The number of hydrogen-bond donors (Lipinski definition) is 1. The number of aromatic amines is 1. The molecule has 0 radical (unpaired) electrons. The van der Waals surface area contributed by atoms with Crippen LogP contribution in [0.1, 0.15) is 16.9 Å². The molecule has 2 saturated heterocycles. The van der Waals surface area contributed by atoms with E-state index >= 15 is 0 Å². The van der Waals surface area contributed by atoms with Gasteiger partial charge in [-0.1, -0.05) is 0 Å². The third-order valence-electron chi connectivity index (χ3n) is 5.22. The molecule has 2 atom stereocenters. The van der Waals surface area contributed by atoms with Crippen molar-refractivity contribution in [1.29, 1.82) is 0 Å². The van der Waals surface area contributed by atoms with Gasteiger partial charge in [0.1, 0.15) is 6.26 Å². The molecule has 0 saturated carbocycles. The molecule has 2 fully saturated rings. The number of amides is 1. The van der Waals surface area contributed by atoms with E-state index in [9.17, 15) is 4.79 Å². The van der Waals surface area contributed by atoms with Crippen LogP contribution < -0.4 is 0 Å². The van der Waals surface area contributed by atoms with E-state index in [1.165, 1.54) is 0 Å². The fourth-order valence-corrected chi connectivity index (χ4v) is 3.93. The van der Waals surface area contributed by atoms with Gasteiger partial charge < -0.3 is 9.32 Å². The number of carbonyl (C=O) groups is 1. The number of piperazine rings is 1. The lowest BCUT2D eigenvalue weighted by atomic mass is 10.1. The van der Waals surface area contributed by atoms with Crippen molar-refractivity contribution in [3.8, 4) is 11.5 Å². The van der Waals surface area contributed by atoms with E-state index in [0.29, 0.717) is 23.7 Å². The summed E-state index contributed by atoms with van der Waals surface area (Å²) in [5.74, 6) is 0.574. The zero-order valence-electron chi connectivity index (χ0n) is 13.3. The number of oxazole rings is 1. The standard InChI is InChI=1S/C17H17N5O2/c1-21-8-12-7-11(21)9-22(12)17(23)15-13-3-2-10(6-14(13)19-20-15)16-18-4-5-24-16/h2-6,11-12H,7-9H2,1H3,(H,19,20). The molecule has 24 heavy (non-hydrogen) atoms. The molecule has 3 aromatic rings. The number of carbonyl (C=O) groups excluding carboxylic acids is 1. The highest BCUT2D eigenvalue weighted by Crippen LogP contribution is 2.32. The summed E-state index contributed by atoms with van der Waals surface area (Å²) in [6.45, 7) is 1.75. The van der Waals surface area contributed by atoms with Crippen LogP contribution in [0.15, 0.2) is 35.1 Å². The van der Waals surface area contributed by atoms with E-state index in [1.54, 1.807) is 12.5 Å². The van der Waals surface area contributed by atoms with Gasteiger partial charge in [0, 0.05) is 36.1 Å². The highest BCUT2D eigenvalue weighted by atomic mass is 16.3. The molecule has 7 nitrogen and oxygen atoms in total. The van der Waals surface area contributed by atoms with Crippen LogP contribution in [-0.4, -0.2) is 63.1 Å². The second kappa shape index (κ2) is 4.91. The van der Waals surface area contributed by atoms with E-state index in [2.05, 4.69) is 27.1 Å². The quantitative estimate of drug-likeness (QED) is 0.777. The Labute approximate surface area is 138 Å². The Morgan fingerprint density at radius 2 is 2.25 bits per heavy atom. The lowest BCUT2D eigenvalue weighted by Crippen LogP contribution is -2.47. The van der Waals surface area contributed by atoms with Crippen LogP contribution in [0, 0.1) is 0 Å². The number of nitrogens with one attached hydrogen (secondary N) is 1. The van der Waals surface area contributed by atoms with Crippen LogP contribution in [0.3, 0.4) is 0 Å². The van der Waals surface area contributed by atoms with Gasteiger partial charge in [0.2, 0.25) is 5.89 Å². The first-order chi connectivity index (χ1) is 11.7. The smallest absolute Gasteiger partial charge is 0.275 e. The molecule has 4 heterocycles. The molecule has 7 heteroatoms. The summed E-state index contributed by atoms with van der Waals surface area (Å²) >= 11 is 0. The minimum absolute atomic E-state index is 0.0192. The maximum Gasteiger partial charge on any atom is 0.275 e. The SMILES string of the molecule is CN1CC2CC1CN2C(=O)c1n[nH]c2cc(-c3ncco3)ccc12. The van der Waals surface area contributed by atoms with E-state index in [4.69, 9.17) is 4.42 Å². The number of hydrogen-bond acceptors (Lipinski definition) is 5. The minimum Gasteiger partial charge on any atom is -0.445 e. The van der Waals surface area contributed by atoms with Crippen molar-refractivity contribution < 1.29 is 9.21 Å². The summed E-state index contributed by atoms with van der Waals surface area (Å²) in [5, 5.41) is 8.09. The lowest BCUT2D eigenvalue weighted by Gasteiger charge is -2.31. The highest BCUT2D eigenvalue weighted by molar-refractivity contribution is 6.05. The summed E-state index contributed by atoms with van der Waals surface area (Å²) in [6.07, 6.45) is 4.22. The van der Waals surface area contributed by atoms with Crippen LogP contribution in [0.2, 0.25) is 0 Å². The predicted octanol–water partition coefficient (Wildman–Crippen LogP) is 1.75. The molecule has 2 aromatic heterocycles. The van der Waals surface area contributed by atoms with E-state index < -0.39 is 0 Å². The van der Waals surface area contributed by atoms with Gasteiger partial charge in [0.25, 0.3) is 5.91 Å². The molecule has 5 rings (SSSR count). The van der Waals surface area contributed by atoms with Gasteiger partial charge in [0.15, 0.2) is 5.69 Å². The number of likely N-dealkylation sites (N-methyl/N-ethyl adjacent to an activating group) is 1. The molecule has 2 aliphatic rings. The van der Waals surface area contributed by atoms with Crippen LogP contribution in [-0.2, 0) is 0 Å². The van der Waals surface area contributed by atoms with Crippen molar-refractivity contribution in [2.75, 3.05) is 20.1 Å². The van der Waals surface area contributed by atoms with E-state index in [1.807, 2.05) is 23.1 Å². The summed E-state index contributed by atoms with van der Waals surface area (Å²) in [4.78, 5) is 21.4. The van der Waals surface area contributed by atoms with Gasteiger partial charge in [-0.2, -0.15) is 5.10 Å². The second-order valence-corrected chi connectivity index (χ2v) is 6.61. The van der Waals surface area contributed by atoms with Crippen molar-refractivity contribution >= 4 is 16.8 Å². The first-order valence-corrected chi connectivity index (χ1v) is 8.10. The van der Waals surface area contributed by atoms with Crippen molar-refractivity contribution in [3.05, 3.63) is 36.4 Å². The molecule has 2 bridgehead atoms. The zero-order chi connectivity index (χ0) is 16.3. The molecule has 1 aromatic carbocycles. The third-order valence-corrected chi connectivity index (χ3v) is 5.22. The number of benzene rings is 1. The van der Waals surface area contributed by atoms with Gasteiger partial charge >= 0.3 is 0 Å². The monoisotopic (exact) mass is 323 g/mol. The zero-order valence-corrected chi connectivity index (χ0v) is 13.3. The fourth-order valence-electron chi connectivity index (χ4n) is 3.93. The van der Waals surface area contributed by atoms with E-state index in [-0.39, 0.29) is 5.91 Å². The number of rotatable bonds is 2. The predicted molar refractivity (Wildman–Crippen MR) is 87.5 cm³/mol. The molecule has 1 N–H and O–H groups in total. The maximum absolute atomic E-state index is 12.9. The fraction of sp³-hybridized carbons (Fsp3) is 0.353. The molecule has 0 aliphatic carbocycles. The maximum atomic E-state index is 12.9. The highest BCUT2D eigenvalue weighted by Gasteiger charge is 2.44. The van der Waals surface area contributed by atoms with E-state index in [0.717, 1.165) is 36.0 Å². The topological polar surface area (TPSA) is 78.3 Å². The van der Waals surface area contributed by atoms with Crippen LogP contribution in [0.5, 0.6) is 0 Å². The van der Waals surface area contributed by atoms with Gasteiger partial charge in [-0.15, -0.1) is 0 Å². The molecular weight excluding hydrogens is 306 g/mol. The number of nitrogens with zero attached hydrogens (tertiary/aromatic N) is 4. The largest absolute Gasteiger partial charge is 0.445 e. The van der Waals surface area contributed by atoms with Gasteiger partial charge in [-0.05, 0) is 31.7 Å². The number of likely N-dealkylation sites (tertiary alicyclic amines) is 2. The number of fused-ring (bicyclic) bond motifs is 3. The van der Waals surface area contributed by atoms with Gasteiger partial charge in [-0.3, -0.25) is 14.8 Å². The Balaban J connectivity index is 1.48. The molecule has 2 unspecified atom stereocenters. The Morgan fingerprint density at radius 1 is 1.33 bits per heavy atom. The minimum atomic E-state index is 0.0192. The van der Waals surface area contributed by atoms with Crippen LogP contribution in [0.4, 0.5) is 0 Å². The van der Waals surface area contributed by atoms with Gasteiger partial charge in [0.05, 0.1) is 11.7 Å². The van der Waals surface area contributed by atoms with Crippen molar-refractivity contribution in [3.63, 3.8) is 0 Å². The summed E-state index contributed by atoms with van der Waals surface area (Å²) in [7, 11) is 2.13. The first-order valence-electron chi connectivity index (χ1n) is 8.10. The van der Waals surface area contributed by atoms with Crippen molar-refractivity contribution in [2.24, 2.45) is 0 Å². The van der Waals surface area contributed by atoms with Gasteiger partial charge in [-0.25, -0.2) is 4.98 Å². The summed E-state index contributed by atoms with van der Waals surface area (Å²) in [5.41, 5.74) is 2.17. The Bertz CT molecular complexity index is 914. The Hall–Kier alpha value is -2.67. The molecule has 1 amide bonds. The number of aromatic nitrogens is 3. The molecule has 0 spiro atoms. The molecular formula is C17H17N5O2. The second-order valence-electron chi connectivity index (χ2n) is 6.61. The lowest BCUT2D eigenvalue weighted by molar-refractivity contribution is 0.0646. The van der Waals surface area contributed by atoms with Crippen molar-refractivity contribution in [2.45, 2.75) is 18.5 Å². The van der Waals surface area contributed by atoms with Crippen LogP contribution in [0.25, 0.3) is 22.4 Å². The first kappa shape index (κ1) is 13.7. The summed E-state index contributed by atoms with van der Waals surface area (Å²) < 4.78 is 5.32. The Kier molecular flexibility index (Phi) is 2.81. The van der Waals surface area contributed by atoms with Crippen LogP contribution >= 0.6 is 0 Å². The number of H-pyrrole nitrogens is 1. The average molecular weight is 323 g/mol. The van der Waals surface area contributed by atoms with Crippen molar-refractivity contribution in [1.82, 2.24) is 25.0 Å². The normalized spacial score (nSPS) is 23.5.